The van der Waals surface area contributed by atoms with Crippen molar-refractivity contribution in [3.05, 3.63) is 23.8 Å². The first-order chi connectivity index (χ1) is 10.4. The zero-order chi connectivity index (χ0) is 16.2. The molecule has 1 unspecified atom stereocenters. The molecule has 1 atom stereocenters. The van der Waals surface area contributed by atoms with E-state index in [4.69, 9.17) is 9.88 Å². The van der Waals surface area contributed by atoms with Crippen LogP contribution < -0.4 is 20.5 Å². The zero-order valence-corrected chi connectivity index (χ0v) is 14.5. The number of nitrogens with one attached hydrogen (secondary N) is 2. The Kier molecular flexibility index (Phi) is 7.27. The Hall–Kier alpha value is -1.35. The molecule has 0 saturated carbocycles. The van der Waals surface area contributed by atoms with Gasteiger partial charge in [-0.3, -0.25) is 4.79 Å². The Labute approximate surface area is 142 Å². The molecule has 23 heavy (non-hydrogen) atoms. The molecule has 2 rings (SSSR count). The number of benzene rings is 1. The first-order valence-electron chi connectivity index (χ1n) is 7.11. The lowest BCUT2D eigenvalue weighted by atomic mass is 10.1. The summed E-state index contributed by atoms with van der Waals surface area (Å²) in [6.07, 6.45) is 2.00. The van der Waals surface area contributed by atoms with Gasteiger partial charge < -0.3 is 15.4 Å². The van der Waals surface area contributed by atoms with Gasteiger partial charge in [0.15, 0.2) is 0 Å². The molecule has 9 heteroatoms. The highest BCUT2D eigenvalue weighted by molar-refractivity contribution is 7.89. The quantitative estimate of drug-likeness (QED) is 0.681. The Morgan fingerprint density at radius 3 is 2.78 bits per heavy atom. The van der Waals surface area contributed by atoms with Crippen LogP contribution in [0.4, 0.5) is 0 Å². The van der Waals surface area contributed by atoms with E-state index in [-0.39, 0.29) is 28.8 Å². The van der Waals surface area contributed by atoms with Crippen molar-refractivity contribution in [2.45, 2.75) is 17.7 Å². The molecule has 0 spiro atoms. The number of carbonyl (C=O) groups is 1. The van der Waals surface area contributed by atoms with Crippen LogP contribution in [0.15, 0.2) is 23.1 Å². The van der Waals surface area contributed by atoms with Crippen molar-refractivity contribution in [3.8, 4) is 5.75 Å². The van der Waals surface area contributed by atoms with Gasteiger partial charge >= 0.3 is 0 Å². The number of halogens is 1. The highest BCUT2D eigenvalue weighted by atomic mass is 35.5. The van der Waals surface area contributed by atoms with Crippen molar-refractivity contribution in [2.75, 3.05) is 26.7 Å². The molecule has 1 aliphatic heterocycles. The highest BCUT2D eigenvalue weighted by Gasteiger charge is 2.18. The fourth-order valence-corrected chi connectivity index (χ4v) is 3.03. The smallest absolute Gasteiger partial charge is 0.255 e. The average molecular weight is 364 g/mol. The summed E-state index contributed by atoms with van der Waals surface area (Å²) in [6.45, 7) is 2.52. The van der Waals surface area contributed by atoms with E-state index in [1.165, 1.54) is 25.3 Å². The van der Waals surface area contributed by atoms with E-state index in [2.05, 4.69) is 10.6 Å². The Bertz CT molecular complexity index is 645. The molecule has 1 aliphatic rings. The molecule has 0 bridgehead atoms. The SMILES string of the molecule is COc1ccc(S(N)(=O)=O)cc1C(=O)NCCC1CCNC1.Cl. The summed E-state index contributed by atoms with van der Waals surface area (Å²) < 4.78 is 27.9. The molecule has 1 heterocycles. The number of rotatable bonds is 6. The summed E-state index contributed by atoms with van der Waals surface area (Å²) >= 11 is 0. The van der Waals surface area contributed by atoms with Crippen molar-refractivity contribution < 1.29 is 17.9 Å². The fraction of sp³-hybridized carbons (Fsp3) is 0.500. The van der Waals surface area contributed by atoms with Gasteiger partial charge in [-0.25, -0.2) is 13.6 Å². The lowest BCUT2D eigenvalue weighted by Crippen LogP contribution is -2.27. The van der Waals surface area contributed by atoms with Crippen LogP contribution in [0.1, 0.15) is 23.2 Å². The zero-order valence-electron chi connectivity index (χ0n) is 12.9. The van der Waals surface area contributed by atoms with Crippen LogP contribution in [0.2, 0.25) is 0 Å². The van der Waals surface area contributed by atoms with Crippen molar-refractivity contribution >= 4 is 28.3 Å². The van der Waals surface area contributed by atoms with Crippen LogP contribution in [0.3, 0.4) is 0 Å². The third-order valence-electron chi connectivity index (χ3n) is 3.74. The van der Waals surface area contributed by atoms with Crippen LogP contribution in [0.5, 0.6) is 5.75 Å². The number of hydrogen-bond acceptors (Lipinski definition) is 5. The van der Waals surface area contributed by atoms with Crippen molar-refractivity contribution in [2.24, 2.45) is 11.1 Å². The molecule has 130 valence electrons. The number of ether oxygens (including phenoxy) is 1. The van der Waals surface area contributed by atoms with Gasteiger partial charge in [-0.05, 0) is 50.0 Å². The largest absolute Gasteiger partial charge is 0.496 e. The maximum absolute atomic E-state index is 12.2. The minimum absolute atomic E-state index is 0. The fourth-order valence-electron chi connectivity index (χ4n) is 2.49. The number of sulfonamides is 1. The molecule has 0 radical (unpaired) electrons. The molecule has 1 fully saturated rings. The lowest BCUT2D eigenvalue weighted by Gasteiger charge is -2.12. The van der Waals surface area contributed by atoms with Gasteiger partial charge in [0, 0.05) is 6.54 Å². The van der Waals surface area contributed by atoms with Crippen LogP contribution in [0, 0.1) is 5.92 Å². The van der Waals surface area contributed by atoms with Gasteiger partial charge in [-0.2, -0.15) is 0 Å². The van der Waals surface area contributed by atoms with Crippen LogP contribution in [0.25, 0.3) is 0 Å². The van der Waals surface area contributed by atoms with E-state index in [9.17, 15) is 13.2 Å². The predicted molar refractivity (Wildman–Crippen MR) is 89.5 cm³/mol. The summed E-state index contributed by atoms with van der Waals surface area (Å²) in [6, 6.07) is 3.98. The average Bonchev–Trinajstić information content (AvgIpc) is 2.98. The molecule has 7 nitrogen and oxygen atoms in total. The van der Waals surface area contributed by atoms with Crippen LogP contribution in [-0.4, -0.2) is 41.1 Å². The monoisotopic (exact) mass is 363 g/mol. The van der Waals surface area contributed by atoms with E-state index in [0.717, 1.165) is 25.9 Å². The second-order valence-corrected chi connectivity index (χ2v) is 6.87. The maximum atomic E-state index is 12.2. The molecule has 0 aromatic heterocycles. The van der Waals surface area contributed by atoms with Gasteiger partial charge in [0.05, 0.1) is 17.6 Å². The summed E-state index contributed by atoms with van der Waals surface area (Å²) in [5.41, 5.74) is 0.165. The van der Waals surface area contributed by atoms with E-state index < -0.39 is 10.0 Å². The summed E-state index contributed by atoms with van der Waals surface area (Å²) in [7, 11) is -2.44. The third-order valence-corrected chi connectivity index (χ3v) is 4.66. The molecule has 1 aromatic rings. The number of nitrogens with two attached hydrogens (primary N) is 1. The summed E-state index contributed by atoms with van der Waals surface area (Å²) in [5.74, 6) is 0.513. The number of amides is 1. The van der Waals surface area contributed by atoms with Gasteiger partial charge in [0.25, 0.3) is 5.91 Å². The van der Waals surface area contributed by atoms with Gasteiger partial charge in [0.1, 0.15) is 5.75 Å². The number of hydrogen-bond donors (Lipinski definition) is 3. The number of methoxy groups -OCH3 is 1. The maximum Gasteiger partial charge on any atom is 0.255 e. The van der Waals surface area contributed by atoms with Crippen LogP contribution in [-0.2, 0) is 10.0 Å². The summed E-state index contributed by atoms with van der Waals surface area (Å²) in [5, 5.41) is 11.2. The second-order valence-electron chi connectivity index (χ2n) is 5.31. The number of carbonyl (C=O) groups excluding carboxylic acids is 1. The van der Waals surface area contributed by atoms with Crippen molar-refractivity contribution in [3.63, 3.8) is 0 Å². The first kappa shape index (κ1) is 19.7. The molecule has 0 aliphatic carbocycles. The first-order valence-corrected chi connectivity index (χ1v) is 8.66. The molecule has 4 N–H and O–H groups in total. The topological polar surface area (TPSA) is 111 Å². The van der Waals surface area contributed by atoms with E-state index in [0.29, 0.717) is 18.2 Å². The lowest BCUT2D eigenvalue weighted by molar-refractivity contribution is 0.0948. The molecule has 1 saturated heterocycles. The Balaban J connectivity index is 0.00000264. The van der Waals surface area contributed by atoms with Crippen molar-refractivity contribution in [1.29, 1.82) is 0 Å². The highest BCUT2D eigenvalue weighted by Crippen LogP contribution is 2.22. The van der Waals surface area contributed by atoms with Crippen molar-refractivity contribution in [1.82, 2.24) is 10.6 Å². The molecular weight excluding hydrogens is 342 g/mol. The van der Waals surface area contributed by atoms with Gasteiger partial charge in [-0.1, -0.05) is 0 Å². The van der Waals surface area contributed by atoms with E-state index >= 15 is 0 Å². The Morgan fingerprint density at radius 2 is 2.22 bits per heavy atom. The minimum Gasteiger partial charge on any atom is -0.496 e. The number of primary sulfonamides is 1. The third kappa shape index (κ3) is 5.35. The molecule has 1 amide bonds. The normalized spacial score (nSPS) is 17.4. The van der Waals surface area contributed by atoms with E-state index in [1.807, 2.05) is 0 Å². The molecule has 1 aromatic carbocycles. The van der Waals surface area contributed by atoms with Gasteiger partial charge in [-0.15, -0.1) is 12.4 Å². The van der Waals surface area contributed by atoms with E-state index in [1.54, 1.807) is 0 Å². The van der Waals surface area contributed by atoms with Crippen LogP contribution >= 0.6 is 12.4 Å². The second kappa shape index (κ2) is 8.49. The standard InChI is InChI=1S/C14H21N3O4S.ClH/c1-21-13-3-2-11(22(15,19)20)8-12(13)14(18)17-7-5-10-4-6-16-9-10;/h2-3,8,10,16H,4-7,9H2,1H3,(H,17,18)(H2,15,19,20);1H. The minimum atomic E-state index is -3.86. The molecular formula is C14H22ClN3O4S. The van der Waals surface area contributed by atoms with Gasteiger partial charge in [0.2, 0.25) is 10.0 Å². The predicted octanol–water partition coefficient (Wildman–Crippen LogP) is 0.494. The summed E-state index contributed by atoms with van der Waals surface area (Å²) in [4.78, 5) is 12.1. The Morgan fingerprint density at radius 1 is 1.48 bits per heavy atom.